The number of aryl methyl sites for hydroxylation is 1. The van der Waals surface area contributed by atoms with Crippen LogP contribution in [0.3, 0.4) is 0 Å². The van der Waals surface area contributed by atoms with Gasteiger partial charge in [-0.1, -0.05) is 60.4 Å². The van der Waals surface area contributed by atoms with Gasteiger partial charge >= 0.3 is 5.95 Å². The van der Waals surface area contributed by atoms with Crippen LogP contribution in [0.25, 0.3) is 21.5 Å². The summed E-state index contributed by atoms with van der Waals surface area (Å²) in [6.07, 6.45) is 1.68. The Hall–Kier alpha value is -3.18. The fraction of sp³-hybridized carbons (Fsp3) is 0.0455. The van der Waals surface area contributed by atoms with Gasteiger partial charge < -0.3 is 0 Å². The van der Waals surface area contributed by atoms with Crippen LogP contribution in [0.15, 0.2) is 72.9 Å². The molecule has 24 heavy (non-hydrogen) atoms. The highest BCUT2D eigenvalue weighted by atomic mass is 19.1. The standard InChI is InChI=1S/C22H15FN/c1-24-13-12-16(14-22(24)23)10-11-21-19-8-4-2-6-17(19)15-18-7-3-5-9-20(18)21/h2-9,12-15H,1H3/q+1. The van der Waals surface area contributed by atoms with Crippen molar-refractivity contribution in [3.8, 4) is 11.8 Å². The fourth-order valence-electron chi connectivity index (χ4n) is 2.90. The highest BCUT2D eigenvalue weighted by molar-refractivity contribution is 6.04. The van der Waals surface area contributed by atoms with E-state index in [2.05, 4.69) is 42.2 Å². The molecule has 0 radical (unpaired) electrons. The van der Waals surface area contributed by atoms with E-state index in [1.54, 1.807) is 13.2 Å². The van der Waals surface area contributed by atoms with Gasteiger partial charge in [-0.25, -0.2) is 0 Å². The summed E-state index contributed by atoms with van der Waals surface area (Å²) in [4.78, 5) is 0. The molecule has 0 spiro atoms. The Balaban J connectivity index is 1.97. The lowest BCUT2D eigenvalue weighted by atomic mass is 9.97. The normalized spacial score (nSPS) is 10.6. The number of hydrogen-bond acceptors (Lipinski definition) is 0. The van der Waals surface area contributed by atoms with Crippen LogP contribution < -0.4 is 4.57 Å². The predicted octanol–water partition coefficient (Wildman–Crippen LogP) is 4.36. The van der Waals surface area contributed by atoms with Gasteiger partial charge in [0.1, 0.15) is 7.05 Å². The highest BCUT2D eigenvalue weighted by Crippen LogP contribution is 2.27. The maximum Gasteiger partial charge on any atom is 0.360 e. The Labute approximate surface area is 140 Å². The summed E-state index contributed by atoms with van der Waals surface area (Å²) in [5.74, 6) is 6.08. The second-order valence-electron chi connectivity index (χ2n) is 5.79. The average molecular weight is 312 g/mol. The van der Waals surface area contributed by atoms with Gasteiger partial charge in [-0.05, 0) is 27.6 Å². The first-order valence-corrected chi connectivity index (χ1v) is 7.80. The third-order valence-corrected chi connectivity index (χ3v) is 4.19. The van der Waals surface area contributed by atoms with E-state index < -0.39 is 0 Å². The Kier molecular flexibility index (Phi) is 3.48. The van der Waals surface area contributed by atoms with Crippen molar-refractivity contribution in [3.63, 3.8) is 0 Å². The minimum Gasteiger partial charge on any atom is -0.176 e. The quantitative estimate of drug-likeness (QED) is 0.197. The van der Waals surface area contributed by atoms with Gasteiger partial charge in [0.2, 0.25) is 0 Å². The molecule has 0 amide bonds. The van der Waals surface area contributed by atoms with E-state index >= 15 is 0 Å². The second kappa shape index (κ2) is 5.79. The van der Waals surface area contributed by atoms with Crippen molar-refractivity contribution in [1.82, 2.24) is 0 Å². The summed E-state index contributed by atoms with van der Waals surface area (Å²) in [6, 6.07) is 21.9. The summed E-state index contributed by atoms with van der Waals surface area (Å²) in [5, 5.41) is 4.55. The van der Waals surface area contributed by atoms with E-state index in [-0.39, 0.29) is 5.95 Å². The molecule has 4 aromatic rings. The monoisotopic (exact) mass is 312 g/mol. The number of rotatable bonds is 0. The van der Waals surface area contributed by atoms with E-state index in [9.17, 15) is 4.39 Å². The topological polar surface area (TPSA) is 3.88 Å². The van der Waals surface area contributed by atoms with Crippen LogP contribution >= 0.6 is 0 Å². The first-order chi connectivity index (χ1) is 11.7. The molecule has 1 heterocycles. The molecule has 114 valence electrons. The van der Waals surface area contributed by atoms with Gasteiger partial charge in [-0.3, -0.25) is 0 Å². The maximum absolute atomic E-state index is 13.7. The zero-order valence-corrected chi connectivity index (χ0v) is 13.3. The number of fused-ring (bicyclic) bond motifs is 2. The molecule has 0 unspecified atom stereocenters. The summed E-state index contributed by atoms with van der Waals surface area (Å²) in [5.41, 5.74) is 1.65. The molecule has 0 N–H and O–H groups in total. The van der Waals surface area contributed by atoms with Gasteiger partial charge in [0, 0.05) is 17.2 Å². The van der Waals surface area contributed by atoms with E-state index in [0.29, 0.717) is 5.56 Å². The molecule has 0 aliphatic carbocycles. The molecule has 3 aromatic carbocycles. The van der Waals surface area contributed by atoms with Crippen molar-refractivity contribution >= 4 is 21.5 Å². The maximum atomic E-state index is 13.7. The first kappa shape index (κ1) is 14.4. The van der Waals surface area contributed by atoms with E-state index in [4.69, 9.17) is 0 Å². The number of nitrogens with zero attached hydrogens (tertiary/aromatic N) is 1. The van der Waals surface area contributed by atoms with Crippen LogP contribution in [0.5, 0.6) is 0 Å². The van der Waals surface area contributed by atoms with Crippen LogP contribution in [-0.2, 0) is 7.05 Å². The zero-order valence-electron chi connectivity index (χ0n) is 13.3. The van der Waals surface area contributed by atoms with Gasteiger partial charge in [0.05, 0.1) is 6.07 Å². The third-order valence-electron chi connectivity index (χ3n) is 4.19. The summed E-state index contributed by atoms with van der Waals surface area (Å²) in [6.45, 7) is 0. The largest absolute Gasteiger partial charge is 0.360 e. The molecule has 0 fully saturated rings. The van der Waals surface area contributed by atoms with Gasteiger partial charge in [-0.15, -0.1) is 4.39 Å². The second-order valence-corrected chi connectivity index (χ2v) is 5.79. The molecule has 4 rings (SSSR count). The average Bonchev–Trinajstić information content (AvgIpc) is 2.61. The van der Waals surface area contributed by atoms with Crippen LogP contribution in [0.1, 0.15) is 11.1 Å². The molecule has 0 saturated carbocycles. The number of pyridine rings is 1. The molecule has 2 heteroatoms. The molecule has 0 bridgehead atoms. The van der Waals surface area contributed by atoms with Crippen LogP contribution in [0, 0.1) is 17.8 Å². The zero-order chi connectivity index (χ0) is 16.5. The number of aromatic nitrogens is 1. The molecule has 0 atom stereocenters. The summed E-state index contributed by atoms with van der Waals surface area (Å²) in [7, 11) is 1.67. The molecular formula is C22H15FN+. The molecule has 1 nitrogen and oxygen atoms in total. The summed E-state index contributed by atoms with van der Waals surface area (Å²) >= 11 is 0. The van der Waals surface area contributed by atoms with Gasteiger partial charge in [0.15, 0.2) is 6.20 Å². The number of halogens is 1. The number of benzene rings is 3. The molecule has 0 aliphatic heterocycles. The Morgan fingerprint density at radius 1 is 0.792 bits per heavy atom. The van der Waals surface area contributed by atoms with Crippen LogP contribution in [0.4, 0.5) is 4.39 Å². The van der Waals surface area contributed by atoms with Crippen molar-refractivity contribution in [2.45, 2.75) is 0 Å². The lowest BCUT2D eigenvalue weighted by Crippen LogP contribution is -2.32. The lowest BCUT2D eigenvalue weighted by molar-refractivity contribution is -0.700. The van der Waals surface area contributed by atoms with Crippen molar-refractivity contribution in [1.29, 1.82) is 0 Å². The first-order valence-electron chi connectivity index (χ1n) is 7.80. The van der Waals surface area contributed by atoms with Crippen molar-refractivity contribution in [2.24, 2.45) is 7.05 Å². The molecular weight excluding hydrogens is 297 g/mol. The SMILES string of the molecule is C[n+]1ccc(C#Cc2c3ccccc3cc3ccccc23)cc1F. The van der Waals surface area contributed by atoms with Gasteiger partial charge in [0.25, 0.3) is 0 Å². The minimum absolute atomic E-state index is 0.301. The van der Waals surface area contributed by atoms with Crippen molar-refractivity contribution < 1.29 is 8.96 Å². The Morgan fingerprint density at radius 3 is 2.04 bits per heavy atom. The third kappa shape index (κ3) is 2.51. The highest BCUT2D eigenvalue weighted by Gasteiger charge is 2.06. The van der Waals surface area contributed by atoms with Crippen LogP contribution in [0.2, 0.25) is 0 Å². The van der Waals surface area contributed by atoms with Crippen molar-refractivity contribution in [2.75, 3.05) is 0 Å². The van der Waals surface area contributed by atoms with E-state index in [1.807, 2.05) is 30.3 Å². The van der Waals surface area contributed by atoms with E-state index in [1.165, 1.54) is 10.6 Å². The van der Waals surface area contributed by atoms with Crippen molar-refractivity contribution in [3.05, 3.63) is 90.0 Å². The Morgan fingerprint density at radius 2 is 1.42 bits per heavy atom. The molecule has 0 saturated heterocycles. The van der Waals surface area contributed by atoms with Gasteiger partial charge in [-0.2, -0.15) is 4.57 Å². The fourth-order valence-corrected chi connectivity index (χ4v) is 2.90. The molecule has 0 aliphatic rings. The predicted molar refractivity (Wildman–Crippen MR) is 95.0 cm³/mol. The smallest absolute Gasteiger partial charge is 0.176 e. The summed E-state index contributed by atoms with van der Waals surface area (Å²) < 4.78 is 15.1. The lowest BCUT2D eigenvalue weighted by Gasteiger charge is -2.06. The van der Waals surface area contributed by atoms with E-state index in [0.717, 1.165) is 27.1 Å². The minimum atomic E-state index is -0.301. The molecule has 1 aromatic heterocycles. The van der Waals surface area contributed by atoms with Crippen LogP contribution in [-0.4, -0.2) is 0 Å². The Bertz CT molecular complexity index is 1080. The number of hydrogen-bond donors (Lipinski definition) is 0.